The van der Waals surface area contributed by atoms with Crippen molar-refractivity contribution in [2.45, 2.75) is 83.0 Å². The molecule has 1 saturated heterocycles. The van der Waals surface area contributed by atoms with Gasteiger partial charge in [-0.2, -0.15) is 5.26 Å². The van der Waals surface area contributed by atoms with E-state index in [1.54, 1.807) is 31.7 Å². The van der Waals surface area contributed by atoms with Crippen molar-refractivity contribution in [3.8, 4) is 6.07 Å². The van der Waals surface area contributed by atoms with Crippen LogP contribution in [0.15, 0.2) is 12.7 Å². The Hall–Kier alpha value is -2.03. The van der Waals surface area contributed by atoms with Crippen molar-refractivity contribution < 1.29 is 14.3 Å². The largest absolute Gasteiger partial charge is 0.444 e. The van der Waals surface area contributed by atoms with Gasteiger partial charge in [-0.1, -0.05) is 18.9 Å². The van der Waals surface area contributed by atoms with E-state index in [9.17, 15) is 14.9 Å². The van der Waals surface area contributed by atoms with Crippen molar-refractivity contribution in [2.24, 2.45) is 5.92 Å². The average molecular weight is 347 g/mol. The molecule has 25 heavy (non-hydrogen) atoms. The lowest BCUT2D eigenvalue weighted by Crippen LogP contribution is -2.55. The molecule has 2 unspecified atom stereocenters. The number of nitriles is 1. The summed E-state index contributed by atoms with van der Waals surface area (Å²) < 4.78 is 5.34. The van der Waals surface area contributed by atoms with Crippen LogP contribution >= 0.6 is 0 Å². The first-order valence-electron chi connectivity index (χ1n) is 9.10. The molecule has 0 aromatic rings. The number of nitrogens with one attached hydrogen (secondary N) is 1. The third kappa shape index (κ3) is 4.75. The minimum absolute atomic E-state index is 0.0884. The predicted octanol–water partition coefficient (Wildman–Crippen LogP) is 3.14. The molecule has 2 fully saturated rings. The molecule has 6 nitrogen and oxygen atoms in total. The Kier molecular flexibility index (Phi) is 6.10. The van der Waals surface area contributed by atoms with Crippen LogP contribution in [-0.2, 0) is 9.53 Å². The molecule has 0 aromatic carbocycles. The Morgan fingerprint density at radius 2 is 1.92 bits per heavy atom. The molecule has 1 aliphatic carbocycles. The summed E-state index contributed by atoms with van der Waals surface area (Å²) in [5.74, 6) is -0.0999. The lowest BCUT2D eigenvalue weighted by Gasteiger charge is -2.33. The first-order chi connectivity index (χ1) is 11.8. The normalized spacial score (nSPS) is 25.3. The maximum atomic E-state index is 13.2. The number of alkyl carbamates (subject to hydrolysis) is 1. The molecule has 3 atom stereocenters. The lowest BCUT2D eigenvalue weighted by atomic mass is 9.96. The smallest absolute Gasteiger partial charge is 0.408 e. The van der Waals surface area contributed by atoms with E-state index in [0.29, 0.717) is 6.42 Å². The van der Waals surface area contributed by atoms with E-state index in [4.69, 9.17) is 4.74 Å². The van der Waals surface area contributed by atoms with Crippen molar-refractivity contribution in [2.75, 3.05) is 0 Å². The standard InChI is InChI=1S/C19H29N3O3/c1-5-14-10-11-15(12-20)22(14)17(23)16(13-8-6-7-9-13)21-18(24)25-19(2,3)4/h5,13-16H,1,6-11H2,2-4H3,(H,21,24)/t14?,15?,16-/m0/s1. The molecule has 138 valence electrons. The molecule has 0 radical (unpaired) electrons. The predicted molar refractivity (Wildman–Crippen MR) is 94.6 cm³/mol. The Balaban J connectivity index is 2.19. The molecule has 2 aliphatic rings. The van der Waals surface area contributed by atoms with E-state index in [0.717, 1.165) is 32.1 Å². The number of carbonyl (C=O) groups excluding carboxylic acids is 2. The molecule has 2 rings (SSSR count). The number of hydrogen-bond acceptors (Lipinski definition) is 4. The fraction of sp³-hybridized carbons (Fsp3) is 0.737. The van der Waals surface area contributed by atoms with Crippen LogP contribution in [0.5, 0.6) is 0 Å². The monoisotopic (exact) mass is 347 g/mol. The van der Waals surface area contributed by atoms with Gasteiger partial charge in [0.25, 0.3) is 0 Å². The van der Waals surface area contributed by atoms with Gasteiger partial charge < -0.3 is 15.0 Å². The zero-order chi connectivity index (χ0) is 18.6. The topological polar surface area (TPSA) is 82.4 Å². The van der Waals surface area contributed by atoms with E-state index in [1.807, 2.05) is 0 Å². The molecule has 1 heterocycles. The Morgan fingerprint density at radius 1 is 1.28 bits per heavy atom. The average Bonchev–Trinajstić information content (AvgIpc) is 3.18. The van der Waals surface area contributed by atoms with Crippen molar-refractivity contribution >= 4 is 12.0 Å². The molecule has 2 amide bonds. The minimum Gasteiger partial charge on any atom is -0.444 e. The maximum absolute atomic E-state index is 13.2. The molecule has 1 saturated carbocycles. The summed E-state index contributed by atoms with van der Waals surface area (Å²) in [5.41, 5.74) is -0.625. The van der Waals surface area contributed by atoms with Crippen molar-refractivity contribution in [1.82, 2.24) is 10.2 Å². The van der Waals surface area contributed by atoms with Crippen LogP contribution in [0.4, 0.5) is 4.79 Å². The molecule has 0 aromatic heterocycles. The van der Waals surface area contributed by atoms with Crippen LogP contribution in [0, 0.1) is 17.2 Å². The minimum atomic E-state index is -0.645. The van der Waals surface area contributed by atoms with Gasteiger partial charge in [0.05, 0.1) is 12.1 Å². The van der Waals surface area contributed by atoms with Crippen LogP contribution in [0.1, 0.15) is 59.3 Å². The van der Waals surface area contributed by atoms with Crippen molar-refractivity contribution in [1.29, 1.82) is 5.26 Å². The molecule has 1 aliphatic heterocycles. The highest BCUT2D eigenvalue weighted by Crippen LogP contribution is 2.32. The highest BCUT2D eigenvalue weighted by Gasteiger charge is 2.42. The third-order valence-corrected chi connectivity index (χ3v) is 4.91. The zero-order valence-electron chi connectivity index (χ0n) is 15.5. The number of nitrogens with zero attached hydrogens (tertiary/aromatic N) is 2. The summed E-state index contributed by atoms with van der Waals surface area (Å²) in [5, 5.41) is 12.2. The van der Waals surface area contributed by atoms with Gasteiger partial charge >= 0.3 is 6.09 Å². The van der Waals surface area contributed by atoms with Gasteiger partial charge in [-0.25, -0.2) is 4.79 Å². The van der Waals surface area contributed by atoms with Gasteiger partial charge in [-0.05, 0) is 52.4 Å². The first kappa shape index (κ1) is 19.3. The van der Waals surface area contributed by atoms with E-state index >= 15 is 0 Å². The Morgan fingerprint density at radius 3 is 2.44 bits per heavy atom. The summed E-state index contributed by atoms with van der Waals surface area (Å²) in [4.78, 5) is 27.1. The van der Waals surface area contributed by atoms with E-state index in [-0.39, 0.29) is 17.9 Å². The SMILES string of the molecule is C=CC1CCC(C#N)N1C(=O)[C@@H](NC(=O)OC(C)(C)C)C1CCCC1. The Labute approximate surface area is 150 Å². The molecular weight excluding hydrogens is 318 g/mol. The molecule has 0 bridgehead atoms. The van der Waals surface area contributed by atoms with E-state index < -0.39 is 23.8 Å². The van der Waals surface area contributed by atoms with Crippen LogP contribution < -0.4 is 5.32 Å². The summed E-state index contributed by atoms with van der Waals surface area (Å²) in [6.45, 7) is 9.17. The van der Waals surface area contributed by atoms with Gasteiger partial charge in [0.2, 0.25) is 5.91 Å². The first-order valence-corrected chi connectivity index (χ1v) is 9.10. The van der Waals surface area contributed by atoms with Crippen LogP contribution in [0.25, 0.3) is 0 Å². The highest BCUT2D eigenvalue weighted by atomic mass is 16.6. The second-order valence-corrected chi connectivity index (χ2v) is 7.94. The van der Waals surface area contributed by atoms with Crippen LogP contribution in [0.2, 0.25) is 0 Å². The van der Waals surface area contributed by atoms with Gasteiger partial charge in [-0.15, -0.1) is 6.58 Å². The summed E-state index contributed by atoms with van der Waals surface area (Å²) in [6.07, 6.45) is 6.41. The van der Waals surface area contributed by atoms with Gasteiger partial charge in [0.15, 0.2) is 0 Å². The number of hydrogen-bond donors (Lipinski definition) is 1. The van der Waals surface area contributed by atoms with Gasteiger partial charge in [-0.3, -0.25) is 4.79 Å². The molecular formula is C19H29N3O3. The summed E-state index contributed by atoms with van der Waals surface area (Å²) in [6, 6.07) is 0.955. The number of amides is 2. The Bertz CT molecular complexity index is 555. The number of carbonyl (C=O) groups is 2. The molecule has 0 spiro atoms. The number of likely N-dealkylation sites (tertiary alicyclic amines) is 1. The second-order valence-electron chi connectivity index (χ2n) is 7.94. The quantitative estimate of drug-likeness (QED) is 0.792. The second kappa shape index (κ2) is 7.90. The third-order valence-electron chi connectivity index (χ3n) is 4.91. The number of ether oxygens (including phenoxy) is 1. The summed E-state index contributed by atoms with van der Waals surface area (Å²) in [7, 11) is 0. The van der Waals surface area contributed by atoms with E-state index in [2.05, 4.69) is 18.0 Å². The fourth-order valence-corrected chi connectivity index (χ4v) is 3.78. The highest BCUT2D eigenvalue weighted by molar-refractivity contribution is 5.87. The van der Waals surface area contributed by atoms with Crippen molar-refractivity contribution in [3.63, 3.8) is 0 Å². The fourth-order valence-electron chi connectivity index (χ4n) is 3.78. The molecule has 6 heteroatoms. The zero-order valence-corrected chi connectivity index (χ0v) is 15.5. The van der Waals surface area contributed by atoms with Crippen molar-refractivity contribution in [3.05, 3.63) is 12.7 Å². The van der Waals surface area contributed by atoms with Gasteiger partial charge in [0, 0.05) is 0 Å². The van der Waals surface area contributed by atoms with Gasteiger partial charge in [0.1, 0.15) is 17.7 Å². The summed E-state index contributed by atoms with van der Waals surface area (Å²) >= 11 is 0. The van der Waals surface area contributed by atoms with E-state index in [1.165, 1.54) is 0 Å². The number of rotatable bonds is 4. The van der Waals surface area contributed by atoms with Crippen LogP contribution in [0.3, 0.4) is 0 Å². The lowest BCUT2D eigenvalue weighted by molar-refractivity contribution is -0.136. The maximum Gasteiger partial charge on any atom is 0.408 e. The van der Waals surface area contributed by atoms with Crippen LogP contribution in [-0.4, -0.2) is 40.6 Å². The molecule has 1 N–H and O–H groups in total.